The molecule has 0 radical (unpaired) electrons. The average molecular weight is 322 g/mol. The van der Waals surface area contributed by atoms with Crippen LogP contribution in [0.5, 0.6) is 0 Å². The zero-order valence-electron chi connectivity index (χ0n) is 14.7. The zero-order chi connectivity index (χ0) is 16.5. The normalized spacial score (nSPS) is 23.9. The average Bonchev–Trinajstić information content (AvgIpc) is 3.25. The molecule has 2 saturated heterocycles. The summed E-state index contributed by atoms with van der Waals surface area (Å²) in [6.45, 7) is 7.68. The van der Waals surface area contributed by atoms with E-state index in [9.17, 15) is 0 Å². The van der Waals surface area contributed by atoms with Crippen molar-refractivity contribution in [3.63, 3.8) is 0 Å². The Morgan fingerprint density at radius 3 is 2.54 bits per heavy atom. The van der Waals surface area contributed by atoms with E-state index in [-0.39, 0.29) is 0 Å². The first kappa shape index (κ1) is 15.4. The molecule has 4 nitrogen and oxygen atoms in total. The molecule has 1 aromatic carbocycles. The molecule has 2 unspecified atom stereocenters. The van der Waals surface area contributed by atoms with Crippen LogP contribution in [0.4, 0.5) is 11.8 Å². The minimum absolute atomic E-state index is 0.512. The molecule has 0 saturated carbocycles. The van der Waals surface area contributed by atoms with Gasteiger partial charge < -0.3 is 9.80 Å². The van der Waals surface area contributed by atoms with Gasteiger partial charge in [-0.1, -0.05) is 29.8 Å². The van der Waals surface area contributed by atoms with Crippen molar-refractivity contribution in [2.24, 2.45) is 0 Å². The Kier molecular flexibility index (Phi) is 4.13. The molecule has 0 aliphatic carbocycles. The highest BCUT2D eigenvalue weighted by atomic mass is 15.3. The van der Waals surface area contributed by atoms with E-state index in [4.69, 9.17) is 4.98 Å². The lowest BCUT2D eigenvalue weighted by molar-refractivity contribution is 0.696. The van der Waals surface area contributed by atoms with Crippen molar-refractivity contribution in [1.82, 2.24) is 9.97 Å². The van der Waals surface area contributed by atoms with E-state index in [0.29, 0.717) is 12.0 Å². The molecule has 2 aliphatic heterocycles. The van der Waals surface area contributed by atoms with Crippen molar-refractivity contribution in [3.05, 3.63) is 47.7 Å². The fourth-order valence-electron chi connectivity index (χ4n) is 4.00. The van der Waals surface area contributed by atoms with E-state index in [1.807, 2.05) is 6.20 Å². The van der Waals surface area contributed by atoms with Crippen LogP contribution in [-0.4, -0.2) is 35.6 Å². The number of nitrogens with zero attached hydrogens (tertiary/aromatic N) is 4. The molecule has 0 amide bonds. The molecule has 4 heteroatoms. The van der Waals surface area contributed by atoms with Gasteiger partial charge in [0, 0.05) is 37.8 Å². The number of aromatic nitrogens is 2. The van der Waals surface area contributed by atoms with Gasteiger partial charge in [0.15, 0.2) is 0 Å². The number of hydrogen-bond donors (Lipinski definition) is 0. The van der Waals surface area contributed by atoms with Gasteiger partial charge in [-0.15, -0.1) is 0 Å². The van der Waals surface area contributed by atoms with Crippen LogP contribution in [0.2, 0.25) is 0 Å². The summed E-state index contributed by atoms with van der Waals surface area (Å²) in [5, 5.41) is 0. The van der Waals surface area contributed by atoms with Gasteiger partial charge in [0.2, 0.25) is 5.95 Å². The molecule has 1 aromatic heterocycles. The largest absolute Gasteiger partial charge is 0.353 e. The summed E-state index contributed by atoms with van der Waals surface area (Å²) in [7, 11) is 0. The Morgan fingerprint density at radius 2 is 1.79 bits per heavy atom. The third-order valence-corrected chi connectivity index (χ3v) is 5.43. The molecule has 0 spiro atoms. The minimum atomic E-state index is 0.512. The second-order valence-electron chi connectivity index (χ2n) is 7.25. The second-order valence-corrected chi connectivity index (χ2v) is 7.25. The Morgan fingerprint density at radius 1 is 1.04 bits per heavy atom. The van der Waals surface area contributed by atoms with Crippen LogP contribution in [0.1, 0.15) is 43.2 Å². The number of anilines is 2. The number of hydrogen-bond acceptors (Lipinski definition) is 4. The molecule has 2 atom stereocenters. The van der Waals surface area contributed by atoms with Crippen molar-refractivity contribution >= 4 is 11.8 Å². The van der Waals surface area contributed by atoms with Crippen LogP contribution in [0.15, 0.2) is 36.5 Å². The Balaban J connectivity index is 1.54. The summed E-state index contributed by atoms with van der Waals surface area (Å²) < 4.78 is 0. The van der Waals surface area contributed by atoms with E-state index in [0.717, 1.165) is 31.4 Å². The maximum absolute atomic E-state index is 4.87. The maximum Gasteiger partial charge on any atom is 0.227 e. The van der Waals surface area contributed by atoms with Crippen molar-refractivity contribution in [2.45, 2.75) is 45.1 Å². The van der Waals surface area contributed by atoms with Crippen molar-refractivity contribution in [3.8, 4) is 0 Å². The minimum Gasteiger partial charge on any atom is -0.353 e. The van der Waals surface area contributed by atoms with Crippen LogP contribution < -0.4 is 9.80 Å². The van der Waals surface area contributed by atoms with E-state index >= 15 is 0 Å². The third kappa shape index (κ3) is 2.97. The highest BCUT2D eigenvalue weighted by Gasteiger charge is 2.31. The first-order chi connectivity index (χ1) is 11.7. The van der Waals surface area contributed by atoms with E-state index in [1.54, 1.807) is 0 Å². The van der Waals surface area contributed by atoms with Crippen molar-refractivity contribution in [1.29, 1.82) is 0 Å². The third-order valence-electron chi connectivity index (χ3n) is 5.43. The van der Waals surface area contributed by atoms with Gasteiger partial charge in [-0.25, -0.2) is 4.98 Å². The first-order valence-electron chi connectivity index (χ1n) is 9.12. The Labute approximate surface area is 144 Å². The van der Waals surface area contributed by atoms with E-state index < -0.39 is 0 Å². The van der Waals surface area contributed by atoms with Gasteiger partial charge >= 0.3 is 0 Å². The lowest BCUT2D eigenvalue weighted by Gasteiger charge is -2.24. The SMILES string of the molecule is Cc1ccc(C2CC(C)N(c3ccnc(N4CCCC4)n3)C2)cc1. The quantitative estimate of drug-likeness (QED) is 0.861. The summed E-state index contributed by atoms with van der Waals surface area (Å²) in [6.07, 6.45) is 5.61. The van der Waals surface area contributed by atoms with Crippen LogP contribution >= 0.6 is 0 Å². The highest BCUT2D eigenvalue weighted by molar-refractivity contribution is 5.47. The Bertz CT molecular complexity index is 691. The fourth-order valence-corrected chi connectivity index (χ4v) is 4.00. The zero-order valence-corrected chi connectivity index (χ0v) is 14.7. The van der Waals surface area contributed by atoms with E-state index in [2.05, 4.69) is 59.0 Å². The van der Waals surface area contributed by atoms with Crippen LogP contribution in [-0.2, 0) is 0 Å². The fraction of sp³-hybridized carbons (Fsp3) is 0.500. The molecule has 3 heterocycles. The highest BCUT2D eigenvalue weighted by Crippen LogP contribution is 2.34. The predicted octanol–water partition coefficient (Wildman–Crippen LogP) is 3.77. The lowest BCUT2D eigenvalue weighted by Crippen LogP contribution is -2.29. The molecular weight excluding hydrogens is 296 g/mol. The van der Waals surface area contributed by atoms with Crippen LogP contribution in [0.25, 0.3) is 0 Å². The number of aryl methyl sites for hydroxylation is 1. The van der Waals surface area contributed by atoms with Crippen LogP contribution in [0.3, 0.4) is 0 Å². The van der Waals surface area contributed by atoms with Gasteiger partial charge in [-0.05, 0) is 44.7 Å². The predicted molar refractivity (Wildman–Crippen MR) is 98.8 cm³/mol. The molecule has 2 fully saturated rings. The lowest BCUT2D eigenvalue weighted by atomic mass is 9.96. The summed E-state index contributed by atoms with van der Waals surface area (Å²) in [5.41, 5.74) is 2.77. The molecule has 126 valence electrons. The number of rotatable bonds is 3. The Hall–Kier alpha value is -2.10. The second kappa shape index (κ2) is 6.42. The van der Waals surface area contributed by atoms with Gasteiger partial charge in [0.05, 0.1) is 0 Å². The summed E-state index contributed by atoms with van der Waals surface area (Å²) in [4.78, 5) is 14.1. The standard InChI is InChI=1S/C20H26N4/c1-15-5-7-17(8-6-15)18-13-16(2)24(14-18)19-9-10-21-20(22-19)23-11-3-4-12-23/h5-10,16,18H,3-4,11-14H2,1-2H3. The van der Waals surface area contributed by atoms with Gasteiger partial charge in [0.25, 0.3) is 0 Å². The maximum atomic E-state index is 4.87. The molecule has 2 aliphatic rings. The molecule has 24 heavy (non-hydrogen) atoms. The molecule has 0 bridgehead atoms. The topological polar surface area (TPSA) is 32.3 Å². The van der Waals surface area contributed by atoms with Gasteiger partial charge in [-0.2, -0.15) is 4.98 Å². The summed E-state index contributed by atoms with van der Waals surface area (Å²) >= 11 is 0. The van der Waals surface area contributed by atoms with Crippen molar-refractivity contribution < 1.29 is 0 Å². The van der Waals surface area contributed by atoms with Gasteiger partial charge in [0.1, 0.15) is 5.82 Å². The van der Waals surface area contributed by atoms with Gasteiger partial charge in [-0.3, -0.25) is 0 Å². The molecule has 4 rings (SSSR count). The number of benzene rings is 1. The first-order valence-corrected chi connectivity index (χ1v) is 9.12. The monoisotopic (exact) mass is 322 g/mol. The molecule has 0 N–H and O–H groups in total. The summed E-state index contributed by atoms with van der Waals surface area (Å²) in [5.74, 6) is 2.57. The van der Waals surface area contributed by atoms with Crippen LogP contribution in [0, 0.1) is 6.92 Å². The van der Waals surface area contributed by atoms with Crippen molar-refractivity contribution in [2.75, 3.05) is 29.4 Å². The molecular formula is C20H26N4. The smallest absolute Gasteiger partial charge is 0.227 e. The summed E-state index contributed by atoms with van der Waals surface area (Å²) in [6, 6.07) is 11.6. The molecule has 2 aromatic rings. The van der Waals surface area contributed by atoms with E-state index in [1.165, 1.54) is 30.4 Å².